The second-order valence-electron chi connectivity index (χ2n) is 4.20. The van der Waals surface area contributed by atoms with Gasteiger partial charge in [0.05, 0.1) is 11.7 Å². The highest BCUT2D eigenvalue weighted by atomic mass is 16.5. The van der Waals surface area contributed by atoms with Crippen LogP contribution in [0.15, 0.2) is 0 Å². The number of hydrogen-bond acceptors (Lipinski definition) is 3. The first-order valence-corrected chi connectivity index (χ1v) is 5.18. The van der Waals surface area contributed by atoms with E-state index in [1.54, 1.807) is 0 Å². The van der Waals surface area contributed by atoms with Crippen molar-refractivity contribution < 1.29 is 19.4 Å². The molecular weight excluding hydrogens is 184 g/mol. The Balaban J connectivity index is 1.79. The minimum absolute atomic E-state index is 0.0431. The predicted octanol–water partition coefficient (Wildman–Crippen LogP) is 1.19. The third-order valence-electron chi connectivity index (χ3n) is 3.16. The Morgan fingerprint density at radius 1 is 1.57 bits per heavy atom. The maximum Gasteiger partial charge on any atom is 0.329 e. The molecule has 1 heterocycles. The average molecular weight is 200 g/mol. The van der Waals surface area contributed by atoms with Crippen LogP contribution in [-0.4, -0.2) is 36.0 Å². The van der Waals surface area contributed by atoms with Crippen molar-refractivity contribution in [2.45, 2.75) is 43.8 Å². The second kappa shape index (κ2) is 3.87. The van der Waals surface area contributed by atoms with Crippen LogP contribution in [-0.2, 0) is 14.3 Å². The summed E-state index contributed by atoms with van der Waals surface area (Å²) in [5, 5.41) is 8.49. The van der Waals surface area contributed by atoms with Crippen molar-refractivity contribution in [2.75, 3.05) is 13.2 Å². The maximum absolute atomic E-state index is 10.3. The van der Waals surface area contributed by atoms with Crippen LogP contribution in [0.25, 0.3) is 0 Å². The lowest BCUT2D eigenvalue weighted by Crippen LogP contribution is -2.48. The monoisotopic (exact) mass is 200 g/mol. The largest absolute Gasteiger partial charge is 0.480 e. The smallest absolute Gasteiger partial charge is 0.329 e. The molecule has 1 saturated carbocycles. The van der Waals surface area contributed by atoms with Crippen molar-refractivity contribution >= 4 is 5.97 Å². The minimum atomic E-state index is -0.890. The van der Waals surface area contributed by atoms with Gasteiger partial charge in [0.15, 0.2) is 0 Å². The summed E-state index contributed by atoms with van der Waals surface area (Å²) in [5.41, 5.74) is 0.0431. The van der Waals surface area contributed by atoms with E-state index in [1.807, 2.05) is 0 Å². The second-order valence-corrected chi connectivity index (χ2v) is 4.20. The van der Waals surface area contributed by atoms with E-state index in [-0.39, 0.29) is 18.3 Å². The predicted molar refractivity (Wildman–Crippen MR) is 49.1 cm³/mol. The van der Waals surface area contributed by atoms with Crippen LogP contribution in [0.2, 0.25) is 0 Å². The van der Waals surface area contributed by atoms with Gasteiger partial charge in [0, 0.05) is 13.0 Å². The van der Waals surface area contributed by atoms with E-state index in [1.165, 1.54) is 6.42 Å². The molecule has 1 unspecified atom stereocenters. The fourth-order valence-electron chi connectivity index (χ4n) is 2.23. The summed E-state index contributed by atoms with van der Waals surface area (Å²) in [4.78, 5) is 10.3. The number of ether oxygens (including phenoxy) is 2. The summed E-state index contributed by atoms with van der Waals surface area (Å²) in [6.07, 6.45) is 5.24. The Bertz CT molecular complexity index is 222. The first-order chi connectivity index (χ1) is 6.70. The zero-order valence-electron chi connectivity index (χ0n) is 8.20. The SMILES string of the molecule is O=C(O)COC1CCOC2(CCC2)C1. The van der Waals surface area contributed by atoms with Gasteiger partial charge in [0.1, 0.15) is 6.61 Å². The molecule has 0 aromatic carbocycles. The Hall–Kier alpha value is -0.610. The van der Waals surface area contributed by atoms with Crippen LogP contribution in [0.5, 0.6) is 0 Å². The quantitative estimate of drug-likeness (QED) is 0.743. The van der Waals surface area contributed by atoms with Gasteiger partial charge in [-0.25, -0.2) is 4.79 Å². The van der Waals surface area contributed by atoms with Gasteiger partial charge in [-0.05, 0) is 25.7 Å². The first-order valence-electron chi connectivity index (χ1n) is 5.18. The molecule has 4 heteroatoms. The molecule has 0 bridgehead atoms. The van der Waals surface area contributed by atoms with E-state index < -0.39 is 5.97 Å². The van der Waals surface area contributed by atoms with Crippen molar-refractivity contribution in [2.24, 2.45) is 0 Å². The number of rotatable bonds is 3. The van der Waals surface area contributed by atoms with Gasteiger partial charge in [0.2, 0.25) is 0 Å². The maximum atomic E-state index is 10.3. The third-order valence-corrected chi connectivity index (χ3v) is 3.16. The van der Waals surface area contributed by atoms with Crippen LogP contribution in [0.3, 0.4) is 0 Å². The molecule has 0 aromatic heterocycles. The summed E-state index contributed by atoms with van der Waals surface area (Å²) in [5.74, 6) is -0.890. The molecule has 1 aliphatic heterocycles. The molecular formula is C10H16O4. The topological polar surface area (TPSA) is 55.8 Å². The van der Waals surface area contributed by atoms with E-state index in [2.05, 4.69) is 0 Å². The molecule has 0 amide bonds. The molecule has 80 valence electrons. The van der Waals surface area contributed by atoms with Crippen LogP contribution in [0.1, 0.15) is 32.1 Å². The highest BCUT2D eigenvalue weighted by Crippen LogP contribution is 2.42. The highest BCUT2D eigenvalue weighted by molar-refractivity contribution is 5.68. The van der Waals surface area contributed by atoms with Crippen LogP contribution in [0, 0.1) is 0 Å². The van der Waals surface area contributed by atoms with Crippen LogP contribution >= 0.6 is 0 Å². The standard InChI is InChI=1S/C10H16O4/c11-9(12)7-13-8-2-5-14-10(6-8)3-1-4-10/h8H,1-7H2,(H,11,12). The fraction of sp³-hybridized carbons (Fsp3) is 0.900. The minimum Gasteiger partial charge on any atom is -0.480 e. The third kappa shape index (κ3) is 2.07. The lowest BCUT2D eigenvalue weighted by Gasteiger charge is -2.46. The van der Waals surface area contributed by atoms with E-state index in [0.717, 1.165) is 25.7 Å². The Kier molecular flexibility index (Phi) is 2.74. The number of carbonyl (C=O) groups is 1. The van der Waals surface area contributed by atoms with Gasteiger partial charge in [-0.2, -0.15) is 0 Å². The fourth-order valence-corrected chi connectivity index (χ4v) is 2.23. The first kappa shape index (κ1) is 9.93. The highest BCUT2D eigenvalue weighted by Gasteiger charge is 2.42. The van der Waals surface area contributed by atoms with Crippen molar-refractivity contribution in [3.05, 3.63) is 0 Å². The van der Waals surface area contributed by atoms with Gasteiger partial charge in [-0.1, -0.05) is 0 Å². The Labute approximate surface area is 83.2 Å². The van der Waals surface area contributed by atoms with Gasteiger partial charge >= 0.3 is 5.97 Å². The van der Waals surface area contributed by atoms with Crippen molar-refractivity contribution in [3.8, 4) is 0 Å². The molecule has 1 saturated heterocycles. The Morgan fingerprint density at radius 2 is 2.36 bits per heavy atom. The summed E-state index contributed by atoms with van der Waals surface area (Å²) in [6.45, 7) is 0.533. The molecule has 2 aliphatic rings. The molecule has 1 spiro atoms. The van der Waals surface area contributed by atoms with Gasteiger partial charge in [0.25, 0.3) is 0 Å². The molecule has 14 heavy (non-hydrogen) atoms. The molecule has 1 atom stereocenters. The molecule has 0 aromatic rings. The average Bonchev–Trinajstić information content (AvgIpc) is 2.13. The zero-order chi connectivity index (χ0) is 10.0. The van der Waals surface area contributed by atoms with E-state index in [0.29, 0.717) is 6.61 Å². The van der Waals surface area contributed by atoms with Crippen LogP contribution in [0.4, 0.5) is 0 Å². The summed E-state index contributed by atoms with van der Waals surface area (Å²) < 4.78 is 11.0. The lowest BCUT2D eigenvalue weighted by molar-refractivity contribution is -0.175. The summed E-state index contributed by atoms with van der Waals surface area (Å²) in [6, 6.07) is 0. The molecule has 2 fully saturated rings. The summed E-state index contributed by atoms with van der Waals surface area (Å²) in [7, 11) is 0. The Morgan fingerprint density at radius 3 is 2.93 bits per heavy atom. The summed E-state index contributed by atoms with van der Waals surface area (Å²) >= 11 is 0. The van der Waals surface area contributed by atoms with Crippen molar-refractivity contribution in [1.82, 2.24) is 0 Å². The van der Waals surface area contributed by atoms with Crippen molar-refractivity contribution in [1.29, 1.82) is 0 Å². The molecule has 1 N–H and O–H groups in total. The molecule has 4 nitrogen and oxygen atoms in total. The van der Waals surface area contributed by atoms with Gasteiger partial charge in [-0.3, -0.25) is 0 Å². The van der Waals surface area contributed by atoms with E-state index >= 15 is 0 Å². The molecule has 0 radical (unpaired) electrons. The lowest BCUT2D eigenvalue weighted by atomic mass is 9.74. The number of carboxylic acids is 1. The van der Waals surface area contributed by atoms with Gasteiger partial charge in [-0.15, -0.1) is 0 Å². The van der Waals surface area contributed by atoms with E-state index in [4.69, 9.17) is 14.6 Å². The molecule has 1 aliphatic carbocycles. The van der Waals surface area contributed by atoms with Crippen molar-refractivity contribution in [3.63, 3.8) is 0 Å². The number of hydrogen-bond donors (Lipinski definition) is 1. The van der Waals surface area contributed by atoms with E-state index in [9.17, 15) is 4.79 Å². The molecule has 2 rings (SSSR count). The zero-order valence-corrected chi connectivity index (χ0v) is 8.20. The van der Waals surface area contributed by atoms with Gasteiger partial charge < -0.3 is 14.6 Å². The number of aliphatic carboxylic acids is 1. The normalized spacial score (nSPS) is 29.9. The van der Waals surface area contributed by atoms with Crippen LogP contribution < -0.4 is 0 Å². The number of carboxylic acid groups (broad SMARTS) is 1.